The molecule has 3 heterocycles. The van der Waals surface area contributed by atoms with Gasteiger partial charge in [-0.2, -0.15) is 0 Å². The van der Waals surface area contributed by atoms with Crippen molar-refractivity contribution in [3.8, 4) is 0 Å². The molecule has 3 fully saturated rings. The summed E-state index contributed by atoms with van der Waals surface area (Å²) < 4.78 is 11.4. The Morgan fingerprint density at radius 3 is 2.16 bits per heavy atom. The van der Waals surface area contributed by atoms with Crippen LogP contribution in [0.4, 0.5) is 4.79 Å². The number of carbonyl (C=O) groups excluding carboxylic acids is 4. The molecule has 9 heteroatoms. The van der Waals surface area contributed by atoms with Crippen molar-refractivity contribution in [3.63, 3.8) is 0 Å². The highest BCUT2D eigenvalue weighted by atomic mass is 16.7. The Morgan fingerprint density at radius 2 is 1.65 bits per heavy atom. The Balaban J connectivity index is 1.44. The molecule has 0 atom stereocenters. The van der Waals surface area contributed by atoms with Crippen LogP contribution in [0.2, 0.25) is 0 Å². The minimum Gasteiger partial charge on any atom is -0.444 e. The number of hydrogen-bond donors (Lipinski definition) is 1. The summed E-state index contributed by atoms with van der Waals surface area (Å²) in [6.45, 7) is 9.00. The van der Waals surface area contributed by atoms with Crippen LogP contribution in [-0.2, 0) is 19.1 Å². The van der Waals surface area contributed by atoms with Gasteiger partial charge in [-0.1, -0.05) is 17.2 Å². The molecule has 31 heavy (non-hydrogen) atoms. The topological polar surface area (TPSA) is 111 Å². The average molecular weight is 430 g/mol. The van der Waals surface area contributed by atoms with Crippen LogP contribution in [0.1, 0.15) is 68.2 Å². The van der Waals surface area contributed by atoms with Gasteiger partial charge >= 0.3 is 12.1 Å². The number of nitrogens with one attached hydrogen (secondary N) is 1. The lowest BCUT2D eigenvalue weighted by Gasteiger charge is -2.44. The monoisotopic (exact) mass is 430 g/mol. The molecule has 3 amide bonds. The van der Waals surface area contributed by atoms with E-state index in [-0.39, 0.29) is 17.7 Å². The number of alkyl carbamates (subject to hydrolysis) is 1. The van der Waals surface area contributed by atoms with E-state index in [0.29, 0.717) is 17.9 Å². The van der Waals surface area contributed by atoms with Gasteiger partial charge in [0.1, 0.15) is 11.0 Å². The maximum Gasteiger partial charge on any atom is 0.407 e. The molecule has 1 aromatic carbocycles. The number of fused-ring (bicyclic) bond motifs is 2. The summed E-state index contributed by atoms with van der Waals surface area (Å²) in [5.41, 5.74) is -2.90. The first kappa shape index (κ1) is 21.3. The van der Waals surface area contributed by atoms with Crippen molar-refractivity contribution in [2.75, 3.05) is 6.54 Å². The zero-order chi connectivity index (χ0) is 22.8. The molecule has 1 aromatic rings. The second-order valence-electron chi connectivity index (χ2n) is 9.92. The van der Waals surface area contributed by atoms with Crippen molar-refractivity contribution in [1.29, 1.82) is 0 Å². The van der Waals surface area contributed by atoms with Gasteiger partial charge in [-0.15, -0.1) is 0 Å². The first-order chi connectivity index (χ1) is 14.3. The van der Waals surface area contributed by atoms with E-state index in [2.05, 4.69) is 5.32 Å². The average Bonchev–Trinajstić information content (AvgIpc) is 3.12. The van der Waals surface area contributed by atoms with Crippen LogP contribution >= 0.6 is 0 Å². The highest BCUT2D eigenvalue weighted by molar-refractivity contribution is 6.21. The molecule has 5 rings (SSSR count). The first-order valence-electron chi connectivity index (χ1n) is 10.2. The fourth-order valence-corrected chi connectivity index (χ4v) is 4.70. The van der Waals surface area contributed by atoms with Crippen LogP contribution in [-0.4, -0.2) is 52.3 Å². The van der Waals surface area contributed by atoms with Crippen LogP contribution in [0.15, 0.2) is 24.3 Å². The van der Waals surface area contributed by atoms with Crippen LogP contribution in [0.3, 0.4) is 0 Å². The number of hydrogen-bond acceptors (Lipinski definition) is 7. The zero-order valence-corrected chi connectivity index (χ0v) is 18.2. The summed E-state index contributed by atoms with van der Waals surface area (Å²) in [4.78, 5) is 55.5. The predicted octanol–water partition coefficient (Wildman–Crippen LogP) is 2.59. The van der Waals surface area contributed by atoms with E-state index < -0.39 is 46.1 Å². The number of hydroxylamine groups is 2. The lowest BCUT2D eigenvalue weighted by molar-refractivity contribution is -0.189. The van der Waals surface area contributed by atoms with Gasteiger partial charge in [0, 0.05) is 0 Å². The van der Waals surface area contributed by atoms with Gasteiger partial charge in [0.15, 0.2) is 0 Å². The molecule has 0 unspecified atom stereocenters. The summed E-state index contributed by atoms with van der Waals surface area (Å²) in [6.07, 6.45) is 0.0246. The molecular weight excluding hydrogens is 404 g/mol. The maximum absolute atomic E-state index is 13.1. The standard InChI is InChI=1S/C22H26N2O7/c1-19(2,3)29-18(28)23-12-21-10-22(11-21,20(4,5)31-21)17(27)30-24-15(25)13-8-6-7-9-14(13)16(24)26/h6-9H,10-12H2,1-5H3,(H,23,28). The Morgan fingerprint density at radius 1 is 1.10 bits per heavy atom. The molecule has 0 radical (unpaired) electrons. The first-order valence-corrected chi connectivity index (χ1v) is 10.2. The molecule has 2 bridgehead atoms. The minimum atomic E-state index is -1.03. The number of carbonyl (C=O) groups is 4. The summed E-state index contributed by atoms with van der Waals surface area (Å²) in [5, 5.41) is 3.22. The normalized spacial score (nSPS) is 28.1. The number of rotatable bonds is 4. The Bertz CT molecular complexity index is 951. The lowest BCUT2D eigenvalue weighted by atomic mass is 9.56. The lowest BCUT2D eigenvalue weighted by Crippen LogP contribution is -2.58. The van der Waals surface area contributed by atoms with E-state index in [9.17, 15) is 19.2 Å². The molecule has 1 saturated carbocycles. The van der Waals surface area contributed by atoms with Crippen molar-refractivity contribution in [3.05, 3.63) is 35.4 Å². The molecule has 4 aliphatic rings. The van der Waals surface area contributed by atoms with E-state index in [1.807, 2.05) is 0 Å². The van der Waals surface area contributed by atoms with E-state index >= 15 is 0 Å². The van der Waals surface area contributed by atoms with Crippen LogP contribution in [0, 0.1) is 5.41 Å². The minimum absolute atomic E-state index is 0.174. The van der Waals surface area contributed by atoms with Gasteiger partial charge in [-0.25, -0.2) is 9.59 Å². The second-order valence-corrected chi connectivity index (χ2v) is 9.92. The third-order valence-electron chi connectivity index (χ3n) is 6.15. The quantitative estimate of drug-likeness (QED) is 0.731. The van der Waals surface area contributed by atoms with E-state index in [1.54, 1.807) is 46.8 Å². The van der Waals surface area contributed by atoms with Gasteiger partial charge in [0.2, 0.25) is 0 Å². The van der Waals surface area contributed by atoms with Gasteiger partial charge in [-0.3, -0.25) is 9.59 Å². The predicted molar refractivity (Wildman–Crippen MR) is 107 cm³/mol. The van der Waals surface area contributed by atoms with Crippen molar-refractivity contribution >= 4 is 23.9 Å². The van der Waals surface area contributed by atoms with Crippen molar-refractivity contribution in [1.82, 2.24) is 10.4 Å². The van der Waals surface area contributed by atoms with Crippen molar-refractivity contribution in [2.45, 2.75) is 64.3 Å². The van der Waals surface area contributed by atoms with E-state index in [4.69, 9.17) is 14.3 Å². The van der Waals surface area contributed by atoms with Gasteiger partial charge in [0.25, 0.3) is 11.8 Å². The summed E-state index contributed by atoms with van der Waals surface area (Å²) >= 11 is 0. The second kappa shape index (κ2) is 6.53. The summed E-state index contributed by atoms with van der Waals surface area (Å²) in [5.74, 6) is -2.03. The highest BCUT2D eigenvalue weighted by Gasteiger charge is 2.76. The van der Waals surface area contributed by atoms with E-state index in [1.165, 1.54) is 12.1 Å². The smallest absolute Gasteiger partial charge is 0.407 e. The molecule has 166 valence electrons. The molecule has 1 N–H and O–H groups in total. The zero-order valence-electron chi connectivity index (χ0n) is 18.2. The van der Waals surface area contributed by atoms with Crippen LogP contribution in [0.5, 0.6) is 0 Å². The molecule has 1 aliphatic carbocycles. The molecule has 9 nitrogen and oxygen atoms in total. The third-order valence-corrected chi connectivity index (χ3v) is 6.15. The van der Waals surface area contributed by atoms with Crippen molar-refractivity contribution < 1.29 is 33.5 Å². The van der Waals surface area contributed by atoms with Crippen molar-refractivity contribution in [2.24, 2.45) is 5.41 Å². The van der Waals surface area contributed by atoms with Crippen LogP contribution in [0.25, 0.3) is 0 Å². The fourth-order valence-electron chi connectivity index (χ4n) is 4.70. The van der Waals surface area contributed by atoms with E-state index in [0.717, 1.165) is 0 Å². The van der Waals surface area contributed by atoms with Gasteiger partial charge in [0.05, 0.1) is 28.9 Å². The fraction of sp³-hybridized carbons (Fsp3) is 0.545. The van der Waals surface area contributed by atoms with Crippen LogP contribution < -0.4 is 5.32 Å². The summed E-state index contributed by atoms with van der Waals surface area (Å²) in [7, 11) is 0. The van der Waals surface area contributed by atoms with Gasteiger partial charge < -0.3 is 19.6 Å². The Labute approximate surface area is 180 Å². The number of imide groups is 1. The molecule has 0 aromatic heterocycles. The highest BCUT2D eigenvalue weighted by Crippen LogP contribution is 2.66. The molecule has 0 spiro atoms. The Hall–Kier alpha value is -2.94. The number of benzene rings is 1. The number of amides is 3. The Kier molecular flexibility index (Phi) is 4.48. The maximum atomic E-state index is 13.1. The number of ether oxygens (including phenoxy) is 2. The number of nitrogens with zero attached hydrogens (tertiary/aromatic N) is 1. The third kappa shape index (κ3) is 3.27. The SMILES string of the molecule is CC(C)(C)OC(=O)NCC12CC(C(=O)ON3C(=O)c4ccccc4C3=O)(C1)C(C)(C)O2. The molecular formula is C22H26N2O7. The molecule has 3 aliphatic heterocycles. The molecule has 2 saturated heterocycles. The summed E-state index contributed by atoms with van der Waals surface area (Å²) in [6, 6.07) is 6.31. The largest absolute Gasteiger partial charge is 0.444 e. The van der Waals surface area contributed by atoms with Gasteiger partial charge in [-0.05, 0) is 59.6 Å².